The Kier molecular flexibility index (Phi) is 5.08. The quantitative estimate of drug-likeness (QED) is 0.460. The van der Waals surface area contributed by atoms with E-state index in [0.29, 0.717) is 17.9 Å². The average Bonchev–Trinajstić information content (AvgIpc) is 3.08. The number of carbonyl (C=O) groups is 1. The lowest BCUT2D eigenvalue weighted by Gasteiger charge is -2.07. The molecule has 0 aliphatic heterocycles. The van der Waals surface area contributed by atoms with Gasteiger partial charge in [0, 0.05) is 11.5 Å². The highest BCUT2D eigenvalue weighted by atomic mass is 32.1. The number of nitrogens with zero attached hydrogens (tertiary/aromatic N) is 1. The number of ether oxygens (including phenoxy) is 1. The molecule has 0 saturated carbocycles. The first kappa shape index (κ1) is 18.2. The number of hydrogen-bond donors (Lipinski definition) is 0. The number of fused-ring (bicyclic) bond motifs is 1. The van der Waals surface area contributed by atoms with E-state index in [-0.39, 0.29) is 11.5 Å². The van der Waals surface area contributed by atoms with Crippen LogP contribution in [-0.2, 0) is 11.2 Å². The summed E-state index contributed by atoms with van der Waals surface area (Å²) in [7, 11) is 0. The Bertz CT molecular complexity index is 1180. The summed E-state index contributed by atoms with van der Waals surface area (Å²) in [6, 6.07) is 22.8. The lowest BCUT2D eigenvalue weighted by Crippen LogP contribution is -2.16. The van der Waals surface area contributed by atoms with Crippen LogP contribution in [0.25, 0.3) is 15.9 Å². The minimum atomic E-state index is -0.346. The first-order valence-corrected chi connectivity index (χ1v) is 9.94. The van der Waals surface area contributed by atoms with Gasteiger partial charge in [0.05, 0.1) is 12.3 Å². The fourth-order valence-corrected chi connectivity index (χ4v) is 4.52. The Morgan fingerprint density at radius 3 is 2.32 bits per heavy atom. The molecule has 0 aliphatic carbocycles. The third kappa shape index (κ3) is 3.37. The van der Waals surface area contributed by atoms with Crippen LogP contribution in [0.4, 0.5) is 0 Å². The van der Waals surface area contributed by atoms with Gasteiger partial charge in [0.1, 0.15) is 9.71 Å². The number of pyridine rings is 1. The summed E-state index contributed by atoms with van der Waals surface area (Å²) in [4.78, 5) is 26.6. The predicted octanol–water partition coefficient (Wildman–Crippen LogP) is 4.82. The van der Waals surface area contributed by atoms with E-state index >= 15 is 0 Å². The number of esters is 1. The third-order valence-corrected chi connectivity index (χ3v) is 5.76. The van der Waals surface area contributed by atoms with E-state index in [0.717, 1.165) is 27.0 Å². The van der Waals surface area contributed by atoms with Crippen molar-refractivity contribution in [2.45, 2.75) is 13.3 Å². The molecule has 0 amide bonds. The van der Waals surface area contributed by atoms with Gasteiger partial charge in [-0.2, -0.15) is 0 Å². The molecule has 0 spiro atoms. The van der Waals surface area contributed by atoms with E-state index in [1.807, 2.05) is 66.7 Å². The Balaban J connectivity index is 1.97. The minimum absolute atomic E-state index is 0.124. The highest BCUT2D eigenvalue weighted by Gasteiger charge is 2.22. The number of rotatable bonds is 5. The largest absolute Gasteiger partial charge is 0.462 e. The monoisotopic (exact) mass is 389 g/mol. The zero-order chi connectivity index (χ0) is 19.5. The number of para-hydroxylation sites is 1. The van der Waals surface area contributed by atoms with Gasteiger partial charge in [0.2, 0.25) is 0 Å². The van der Waals surface area contributed by atoms with Gasteiger partial charge in [0.15, 0.2) is 0 Å². The van der Waals surface area contributed by atoms with Crippen molar-refractivity contribution in [1.29, 1.82) is 0 Å². The van der Waals surface area contributed by atoms with Crippen molar-refractivity contribution >= 4 is 27.5 Å². The van der Waals surface area contributed by atoms with Crippen LogP contribution in [0.1, 0.15) is 27.7 Å². The maximum absolute atomic E-state index is 12.7. The molecule has 0 saturated heterocycles. The van der Waals surface area contributed by atoms with Crippen molar-refractivity contribution in [3.05, 3.63) is 99.2 Å². The molecule has 5 heteroatoms. The van der Waals surface area contributed by atoms with Crippen molar-refractivity contribution in [3.8, 4) is 5.69 Å². The normalized spacial score (nSPS) is 10.9. The van der Waals surface area contributed by atoms with Crippen LogP contribution in [0, 0.1) is 0 Å². The van der Waals surface area contributed by atoms with Gasteiger partial charge >= 0.3 is 5.97 Å². The molecule has 2 aromatic carbocycles. The van der Waals surface area contributed by atoms with Crippen LogP contribution in [0.15, 0.2) is 77.6 Å². The van der Waals surface area contributed by atoms with Gasteiger partial charge in [-0.25, -0.2) is 4.79 Å². The average molecular weight is 389 g/mol. The van der Waals surface area contributed by atoms with Crippen LogP contribution in [0.5, 0.6) is 0 Å². The molecule has 4 rings (SSSR count). The zero-order valence-electron chi connectivity index (χ0n) is 15.4. The third-order valence-electron chi connectivity index (χ3n) is 4.54. The number of carbonyl (C=O) groups excluding carboxylic acids is 1. The molecule has 0 unspecified atom stereocenters. The molecule has 0 atom stereocenters. The van der Waals surface area contributed by atoms with E-state index < -0.39 is 0 Å². The smallest absolute Gasteiger partial charge is 0.348 e. The Morgan fingerprint density at radius 2 is 1.64 bits per heavy atom. The molecule has 140 valence electrons. The Morgan fingerprint density at radius 1 is 0.964 bits per heavy atom. The summed E-state index contributed by atoms with van der Waals surface area (Å²) in [5.74, 6) is -0.346. The van der Waals surface area contributed by atoms with E-state index in [9.17, 15) is 9.59 Å². The maximum Gasteiger partial charge on any atom is 0.348 e. The number of hydrogen-bond acceptors (Lipinski definition) is 4. The van der Waals surface area contributed by atoms with Crippen molar-refractivity contribution in [3.63, 3.8) is 0 Å². The first-order chi connectivity index (χ1) is 13.7. The maximum atomic E-state index is 12.7. The molecule has 0 bridgehead atoms. The topological polar surface area (TPSA) is 48.3 Å². The van der Waals surface area contributed by atoms with Gasteiger partial charge in [-0.05, 0) is 42.7 Å². The highest BCUT2D eigenvalue weighted by Crippen LogP contribution is 2.34. The standard InChI is InChI=1S/C23H19NO3S/c1-2-27-23(26)21-19(15-16-9-5-3-6-10-16)18-13-14-20(25)24(22(18)28-21)17-11-7-4-8-12-17/h3-14H,2,15H2,1H3. The summed E-state index contributed by atoms with van der Waals surface area (Å²) in [5, 5.41) is 0.903. The molecule has 28 heavy (non-hydrogen) atoms. The van der Waals surface area contributed by atoms with E-state index in [4.69, 9.17) is 4.74 Å². The molecule has 4 aromatic rings. The number of benzene rings is 2. The van der Waals surface area contributed by atoms with Gasteiger partial charge in [-0.3, -0.25) is 9.36 Å². The lowest BCUT2D eigenvalue weighted by molar-refractivity contribution is 0.0531. The summed E-state index contributed by atoms with van der Waals surface area (Å²) < 4.78 is 6.96. The van der Waals surface area contributed by atoms with Crippen molar-refractivity contribution in [2.75, 3.05) is 6.61 Å². The summed E-state index contributed by atoms with van der Waals surface area (Å²) in [6.07, 6.45) is 0.599. The van der Waals surface area contributed by atoms with Crippen molar-refractivity contribution in [1.82, 2.24) is 4.57 Å². The summed E-state index contributed by atoms with van der Waals surface area (Å²) in [6.45, 7) is 2.10. The van der Waals surface area contributed by atoms with E-state index in [1.54, 1.807) is 17.6 Å². The second kappa shape index (κ2) is 7.82. The zero-order valence-corrected chi connectivity index (χ0v) is 16.2. The van der Waals surface area contributed by atoms with Gasteiger partial charge in [-0.1, -0.05) is 48.5 Å². The molecule has 0 N–H and O–H groups in total. The molecular weight excluding hydrogens is 370 g/mol. The van der Waals surface area contributed by atoms with Crippen molar-refractivity contribution < 1.29 is 9.53 Å². The molecule has 4 nitrogen and oxygen atoms in total. The van der Waals surface area contributed by atoms with Crippen LogP contribution >= 0.6 is 11.3 Å². The van der Waals surface area contributed by atoms with Crippen LogP contribution in [-0.4, -0.2) is 17.1 Å². The summed E-state index contributed by atoms with van der Waals surface area (Å²) >= 11 is 1.32. The summed E-state index contributed by atoms with van der Waals surface area (Å²) in [5.41, 5.74) is 2.65. The fourth-order valence-electron chi connectivity index (χ4n) is 3.29. The SMILES string of the molecule is CCOC(=O)c1sc2c(ccc(=O)n2-c2ccccc2)c1Cc1ccccc1. The predicted molar refractivity (Wildman–Crippen MR) is 113 cm³/mol. The molecule has 0 radical (unpaired) electrons. The second-order valence-electron chi connectivity index (χ2n) is 6.35. The Labute approximate surface area is 166 Å². The van der Waals surface area contributed by atoms with Crippen LogP contribution in [0.3, 0.4) is 0 Å². The van der Waals surface area contributed by atoms with Gasteiger partial charge in [0.25, 0.3) is 5.56 Å². The van der Waals surface area contributed by atoms with Gasteiger partial charge in [-0.15, -0.1) is 11.3 Å². The molecule has 0 aliphatic rings. The number of aromatic nitrogens is 1. The Hall–Kier alpha value is -3.18. The van der Waals surface area contributed by atoms with Crippen LogP contribution in [0.2, 0.25) is 0 Å². The number of thiophene rings is 1. The van der Waals surface area contributed by atoms with Crippen LogP contribution < -0.4 is 5.56 Å². The molecular formula is C23H19NO3S. The second-order valence-corrected chi connectivity index (χ2v) is 7.35. The molecule has 2 heterocycles. The molecule has 2 aromatic heterocycles. The van der Waals surface area contributed by atoms with E-state index in [1.165, 1.54) is 11.3 Å². The molecule has 0 fully saturated rings. The van der Waals surface area contributed by atoms with Crippen molar-refractivity contribution in [2.24, 2.45) is 0 Å². The highest BCUT2D eigenvalue weighted by molar-refractivity contribution is 7.20. The lowest BCUT2D eigenvalue weighted by atomic mass is 10.0. The fraction of sp³-hybridized carbons (Fsp3) is 0.130. The minimum Gasteiger partial charge on any atom is -0.462 e. The first-order valence-electron chi connectivity index (χ1n) is 9.13. The van der Waals surface area contributed by atoms with E-state index in [2.05, 4.69) is 0 Å². The van der Waals surface area contributed by atoms with Gasteiger partial charge < -0.3 is 4.74 Å².